The molecule has 0 bridgehead atoms. The molecule has 0 amide bonds. The number of hydrogen-bond donors (Lipinski definition) is 1. The SMILES string of the molecule is CCC(CC)N(C)S(=O)(=O)c1ccc(CC(N)=S)cc1. The van der Waals surface area contributed by atoms with E-state index in [1.165, 1.54) is 4.31 Å². The van der Waals surface area contributed by atoms with Gasteiger partial charge in [-0.3, -0.25) is 0 Å². The van der Waals surface area contributed by atoms with Crippen molar-refractivity contribution in [3.8, 4) is 0 Å². The van der Waals surface area contributed by atoms with Crippen molar-refractivity contribution in [1.29, 1.82) is 0 Å². The molecule has 0 spiro atoms. The predicted octanol–water partition coefficient (Wildman–Crippen LogP) is 2.32. The fraction of sp³-hybridized carbons (Fsp3) is 0.500. The molecule has 112 valence electrons. The molecule has 20 heavy (non-hydrogen) atoms. The van der Waals surface area contributed by atoms with Gasteiger partial charge in [0, 0.05) is 19.5 Å². The molecule has 0 fully saturated rings. The maximum atomic E-state index is 12.5. The van der Waals surface area contributed by atoms with Crippen molar-refractivity contribution < 1.29 is 8.42 Å². The summed E-state index contributed by atoms with van der Waals surface area (Å²) < 4.78 is 26.5. The molecular formula is C14H22N2O2S2. The van der Waals surface area contributed by atoms with Crippen molar-refractivity contribution in [2.24, 2.45) is 5.73 Å². The lowest BCUT2D eigenvalue weighted by Crippen LogP contribution is -2.36. The molecule has 0 aliphatic heterocycles. The molecule has 0 saturated carbocycles. The summed E-state index contributed by atoms with van der Waals surface area (Å²) in [5, 5.41) is 0. The van der Waals surface area contributed by atoms with Crippen LogP contribution in [0.2, 0.25) is 0 Å². The van der Waals surface area contributed by atoms with Crippen LogP contribution in [0.5, 0.6) is 0 Å². The van der Waals surface area contributed by atoms with Crippen molar-refractivity contribution in [2.45, 2.75) is 44.0 Å². The van der Waals surface area contributed by atoms with Crippen LogP contribution in [-0.4, -0.2) is 30.8 Å². The van der Waals surface area contributed by atoms with Crippen LogP contribution in [0.1, 0.15) is 32.3 Å². The molecule has 0 saturated heterocycles. The first-order chi connectivity index (χ1) is 9.32. The van der Waals surface area contributed by atoms with Crippen LogP contribution in [0.15, 0.2) is 29.2 Å². The van der Waals surface area contributed by atoms with Gasteiger partial charge in [0.05, 0.1) is 9.88 Å². The molecule has 6 heteroatoms. The summed E-state index contributed by atoms with van der Waals surface area (Å²) in [6.45, 7) is 3.98. The molecule has 0 aliphatic carbocycles. The molecular weight excluding hydrogens is 292 g/mol. The largest absolute Gasteiger partial charge is 0.393 e. The Bertz CT molecular complexity index is 549. The molecule has 1 aromatic rings. The third kappa shape index (κ3) is 4.01. The first kappa shape index (κ1) is 17.1. The maximum Gasteiger partial charge on any atom is 0.243 e. The minimum atomic E-state index is -3.44. The van der Waals surface area contributed by atoms with E-state index in [4.69, 9.17) is 18.0 Å². The number of rotatable bonds is 7. The third-order valence-corrected chi connectivity index (χ3v) is 5.50. The van der Waals surface area contributed by atoms with Gasteiger partial charge < -0.3 is 5.73 Å². The van der Waals surface area contributed by atoms with Crippen LogP contribution in [-0.2, 0) is 16.4 Å². The average molecular weight is 314 g/mol. The van der Waals surface area contributed by atoms with Gasteiger partial charge in [0.25, 0.3) is 0 Å². The summed E-state index contributed by atoms with van der Waals surface area (Å²) in [6.07, 6.45) is 2.08. The fourth-order valence-corrected chi connectivity index (χ4v) is 3.82. The van der Waals surface area contributed by atoms with Gasteiger partial charge in [0.1, 0.15) is 0 Å². The number of hydrogen-bond acceptors (Lipinski definition) is 3. The van der Waals surface area contributed by atoms with E-state index >= 15 is 0 Å². The molecule has 1 rings (SSSR count). The minimum absolute atomic E-state index is 0.0243. The molecule has 0 heterocycles. The zero-order chi connectivity index (χ0) is 15.3. The van der Waals surface area contributed by atoms with E-state index in [2.05, 4.69) is 0 Å². The number of thiocarbonyl (C=S) groups is 1. The Morgan fingerprint density at radius 1 is 1.25 bits per heavy atom. The van der Waals surface area contributed by atoms with Gasteiger partial charge in [-0.1, -0.05) is 38.2 Å². The van der Waals surface area contributed by atoms with Gasteiger partial charge in [0.2, 0.25) is 10.0 Å². The summed E-state index contributed by atoms with van der Waals surface area (Å²) in [6, 6.07) is 6.76. The topological polar surface area (TPSA) is 63.4 Å². The second kappa shape index (κ2) is 7.15. The van der Waals surface area contributed by atoms with Crippen LogP contribution in [0.25, 0.3) is 0 Å². The number of nitrogens with zero attached hydrogens (tertiary/aromatic N) is 1. The van der Waals surface area contributed by atoms with Gasteiger partial charge in [-0.25, -0.2) is 8.42 Å². The first-order valence-corrected chi connectivity index (χ1v) is 8.53. The molecule has 0 aromatic heterocycles. The van der Waals surface area contributed by atoms with Crippen LogP contribution in [0.3, 0.4) is 0 Å². The highest BCUT2D eigenvalue weighted by Gasteiger charge is 2.25. The Hall–Kier alpha value is -0.980. The normalized spacial score (nSPS) is 12.1. The Morgan fingerprint density at radius 3 is 2.15 bits per heavy atom. The standard InChI is InChI=1S/C14H22N2O2S2/c1-4-12(5-2)16(3)20(17,18)13-8-6-11(7-9-13)10-14(15)19/h6-9,12H,4-5,10H2,1-3H3,(H2,15,19). The lowest BCUT2D eigenvalue weighted by Gasteiger charge is -2.25. The lowest BCUT2D eigenvalue weighted by atomic mass is 10.1. The van der Waals surface area contributed by atoms with E-state index in [0.29, 0.717) is 16.3 Å². The Labute approximate surface area is 127 Å². The number of sulfonamides is 1. The van der Waals surface area contributed by atoms with Gasteiger partial charge in [-0.05, 0) is 30.5 Å². The van der Waals surface area contributed by atoms with Crippen molar-refractivity contribution in [3.63, 3.8) is 0 Å². The van der Waals surface area contributed by atoms with Gasteiger partial charge >= 0.3 is 0 Å². The highest BCUT2D eigenvalue weighted by Crippen LogP contribution is 2.20. The molecule has 0 aliphatic rings. The van der Waals surface area contributed by atoms with Crippen LogP contribution in [0.4, 0.5) is 0 Å². The second-order valence-corrected chi connectivity index (χ2v) is 7.30. The quantitative estimate of drug-likeness (QED) is 0.785. The van der Waals surface area contributed by atoms with E-state index in [-0.39, 0.29) is 6.04 Å². The van der Waals surface area contributed by atoms with Crippen molar-refractivity contribution in [3.05, 3.63) is 29.8 Å². The zero-order valence-corrected chi connectivity index (χ0v) is 13.8. The number of nitrogens with two attached hydrogens (primary N) is 1. The first-order valence-electron chi connectivity index (χ1n) is 6.68. The lowest BCUT2D eigenvalue weighted by molar-refractivity contribution is 0.349. The predicted molar refractivity (Wildman–Crippen MR) is 86.3 cm³/mol. The van der Waals surface area contributed by atoms with Gasteiger partial charge in [-0.2, -0.15) is 4.31 Å². The summed E-state index contributed by atoms with van der Waals surface area (Å²) in [5.74, 6) is 0. The van der Waals surface area contributed by atoms with Crippen LogP contribution < -0.4 is 5.73 Å². The zero-order valence-electron chi connectivity index (χ0n) is 12.2. The Balaban J connectivity index is 3.01. The highest BCUT2D eigenvalue weighted by atomic mass is 32.2. The minimum Gasteiger partial charge on any atom is -0.393 e. The smallest absolute Gasteiger partial charge is 0.243 e. The molecule has 1 aromatic carbocycles. The Morgan fingerprint density at radius 2 is 1.75 bits per heavy atom. The molecule has 0 radical (unpaired) electrons. The van der Waals surface area contributed by atoms with E-state index in [1.54, 1.807) is 31.3 Å². The molecule has 0 atom stereocenters. The second-order valence-electron chi connectivity index (χ2n) is 4.78. The van der Waals surface area contributed by atoms with Crippen molar-refractivity contribution >= 4 is 27.2 Å². The van der Waals surface area contributed by atoms with Crippen LogP contribution >= 0.6 is 12.2 Å². The molecule has 2 N–H and O–H groups in total. The van der Waals surface area contributed by atoms with E-state index in [9.17, 15) is 8.42 Å². The molecule has 4 nitrogen and oxygen atoms in total. The summed E-state index contributed by atoms with van der Waals surface area (Å²) in [5.41, 5.74) is 6.40. The van der Waals surface area contributed by atoms with E-state index < -0.39 is 10.0 Å². The summed E-state index contributed by atoms with van der Waals surface area (Å²) >= 11 is 4.84. The van der Waals surface area contributed by atoms with Crippen LogP contribution in [0, 0.1) is 0 Å². The van der Waals surface area contributed by atoms with E-state index in [1.807, 2.05) is 13.8 Å². The molecule has 0 unspecified atom stereocenters. The maximum absolute atomic E-state index is 12.5. The Kier molecular flexibility index (Phi) is 6.10. The summed E-state index contributed by atoms with van der Waals surface area (Å²) in [4.78, 5) is 0.702. The highest BCUT2D eigenvalue weighted by molar-refractivity contribution is 7.89. The fourth-order valence-electron chi connectivity index (χ4n) is 2.15. The number of benzene rings is 1. The van der Waals surface area contributed by atoms with Gasteiger partial charge in [0.15, 0.2) is 0 Å². The third-order valence-electron chi connectivity index (χ3n) is 3.44. The van der Waals surface area contributed by atoms with E-state index in [0.717, 1.165) is 18.4 Å². The van der Waals surface area contributed by atoms with Crippen molar-refractivity contribution in [2.75, 3.05) is 7.05 Å². The average Bonchev–Trinajstić information content (AvgIpc) is 2.40. The summed E-state index contributed by atoms with van der Waals surface area (Å²) in [7, 11) is -1.80. The van der Waals surface area contributed by atoms with Crippen molar-refractivity contribution in [1.82, 2.24) is 4.31 Å². The monoisotopic (exact) mass is 314 g/mol. The van der Waals surface area contributed by atoms with Gasteiger partial charge in [-0.15, -0.1) is 0 Å².